The summed E-state index contributed by atoms with van der Waals surface area (Å²) in [5.74, 6) is 0.293. The number of rotatable bonds is 5. The van der Waals surface area contributed by atoms with Gasteiger partial charge >= 0.3 is 0 Å². The van der Waals surface area contributed by atoms with Gasteiger partial charge in [0.05, 0.1) is 0 Å². The first-order valence-electron chi connectivity index (χ1n) is 7.90. The molecule has 2 rings (SSSR count). The van der Waals surface area contributed by atoms with E-state index in [2.05, 4.69) is 18.7 Å². The Morgan fingerprint density at radius 1 is 1.14 bits per heavy atom. The second-order valence-corrected chi connectivity index (χ2v) is 5.71. The zero-order chi connectivity index (χ0) is 15.2. The number of halogens is 1. The van der Waals surface area contributed by atoms with Gasteiger partial charge in [-0.3, -0.25) is 9.69 Å². The molecule has 1 heterocycles. The van der Waals surface area contributed by atoms with Crippen molar-refractivity contribution >= 4 is 5.91 Å². The van der Waals surface area contributed by atoms with E-state index in [0.29, 0.717) is 6.54 Å². The van der Waals surface area contributed by atoms with Crippen molar-refractivity contribution in [1.82, 2.24) is 9.80 Å². The molecule has 0 atom stereocenters. The van der Waals surface area contributed by atoms with Crippen molar-refractivity contribution in [3.05, 3.63) is 35.6 Å². The maximum absolute atomic E-state index is 13.7. The minimum absolute atomic E-state index is 0.145. The number of amides is 1. The van der Waals surface area contributed by atoms with Crippen molar-refractivity contribution in [2.75, 3.05) is 26.2 Å². The zero-order valence-corrected chi connectivity index (χ0v) is 13.0. The summed E-state index contributed by atoms with van der Waals surface area (Å²) < 4.78 is 13.7. The zero-order valence-electron chi connectivity index (χ0n) is 13.0. The van der Waals surface area contributed by atoms with Gasteiger partial charge in [0.2, 0.25) is 5.91 Å². The molecule has 1 saturated heterocycles. The van der Waals surface area contributed by atoms with Crippen molar-refractivity contribution in [3.8, 4) is 0 Å². The SMILES string of the molecule is CCC(CC)C(=O)N1CCN(Cc2ccccc2F)CC1. The molecule has 0 aromatic heterocycles. The van der Waals surface area contributed by atoms with Crippen LogP contribution in [0, 0.1) is 11.7 Å². The van der Waals surface area contributed by atoms with E-state index in [4.69, 9.17) is 0 Å². The molecule has 4 heteroatoms. The Balaban J connectivity index is 1.86. The number of hydrogen-bond acceptors (Lipinski definition) is 2. The summed E-state index contributed by atoms with van der Waals surface area (Å²) in [6.45, 7) is 7.91. The molecular weight excluding hydrogens is 267 g/mol. The summed E-state index contributed by atoms with van der Waals surface area (Å²) in [7, 11) is 0. The number of hydrogen-bond donors (Lipinski definition) is 0. The first-order valence-corrected chi connectivity index (χ1v) is 7.90. The molecule has 0 saturated carbocycles. The second kappa shape index (κ2) is 7.55. The molecule has 1 aromatic carbocycles. The highest BCUT2D eigenvalue weighted by molar-refractivity contribution is 5.78. The third-order valence-corrected chi connectivity index (χ3v) is 4.37. The summed E-state index contributed by atoms with van der Waals surface area (Å²) in [5.41, 5.74) is 0.734. The molecule has 1 aliphatic rings. The van der Waals surface area contributed by atoms with Crippen LogP contribution in [-0.2, 0) is 11.3 Å². The quantitative estimate of drug-likeness (QED) is 0.833. The molecule has 0 bridgehead atoms. The molecule has 0 radical (unpaired) electrons. The molecule has 1 fully saturated rings. The van der Waals surface area contributed by atoms with Gasteiger partial charge in [0.15, 0.2) is 0 Å². The fourth-order valence-corrected chi connectivity index (χ4v) is 2.89. The third kappa shape index (κ3) is 4.03. The molecule has 1 amide bonds. The Kier molecular flexibility index (Phi) is 5.74. The monoisotopic (exact) mass is 292 g/mol. The number of piperazine rings is 1. The van der Waals surface area contributed by atoms with Gasteiger partial charge in [0, 0.05) is 44.2 Å². The van der Waals surface area contributed by atoms with Gasteiger partial charge in [0.1, 0.15) is 5.82 Å². The van der Waals surface area contributed by atoms with Crippen LogP contribution in [0.5, 0.6) is 0 Å². The van der Waals surface area contributed by atoms with Crippen LogP contribution >= 0.6 is 0 Å². The predicted molar refractivity (Wildman–Crippen MR) is 82.3 cm³/mol. The van der Waals surface area contributed by atoms with Gasteiger partial charge in [-0.15, -0.1) is 0 Å². The molecule has 116 valence electrons. The van der Waals surface area contributed by atoms with Gasteiger partial charge in [-0.05, 0) is 18.9 Å². The van der Waals surface area contributed by atoms with E-state index in [1.807, 2.05) is 17.0 Å². The Hall–Kier alpha value is -1.42. The molecular formula is C17H25FN2O. The fourth-order valence-electron chi connectivity index (χ4n) is 2.89. The lowest BCUT2D eigenvalue weighted by Gasteiger charge is -2.36. The summed E-state index contributed by atoms with van der Waals surface area (Å²) >= 11 is 0. The van der Waals surface area contributed by atoms with Gasteiger partial charge < -0.3 is 4.90 Å². The van der Waals surface area contributed by atoms with Crippen LogP contribution in [-0.4, -0.2) is 41.9 Å². The molecule has 0 aliphatic carbocycles. The van der Waals surface area contributed by atoms with E-state index >= 15 is 0 Å². The van der Waals surface area contributed by atoms with Gasteiger partial charge in [0.25, 0.3) is 0 Å². The lowest BCUT2D eigenvalue weighted by atomic mass is 10.0. The van der Waals surface area contributed by atoms with Crippen molar-refractivity contribution in [1.29, 1.82) is 0 Å². The summed E-state index contributed by atoms with van der Waals surface area (Å²) in [6.07, 6.45) is 1.82. The highest BCUT2D eigenvalue weighted by Gasteiger charge is 2.25. The lowest BCUT2D eigenvalue weighted by molar-refractivity contribution is -0.137. The van der Waals surface area contributed by atoms with Crippen LogP contribution in [0.25, 0.3) is 0 Å². The molecule has 1 aliphatic heterocycles. The number of nitrogens with zero attached hydrogens (tertiary/aromatic N) is 2. The van der Waals surface area contributed by atoms with Crippen LogP contribution in [0.1, 0.15) is 32.3 Å². The lowest BCUT2D eigenvalue weighted by Crippen LogP contribution is -2.49. The van der Waals surface area contributed by atoms with Crippen LogP contribution in [0.3, 0.4) is 0 Å². The van der Waals surface area contributed by atoms with Crippen LogP contribution in [0.2, 0.25) is 0 Å². The molecule has 1 aromatic rings. The fraction of sp³-hybridized carbons (Fsp3) is 0.588. The average Bonchev–Trinajstić information content (AvgIpc) is 2.51. The van der Waals surface area contributed by atoms with E-state index < -0.39 is 0 Å². The average molecular weight is 292 g/mol. The molecule has 0 unspecified atom stereocenters. The number of carbonyl (C=O) groups is 1. The summed E-state index contributed by atoms with van der Waals surface area (Å²) in [5, 5.41) is 0. The number of carbonyl (C=O) groups excluding carboxylic acids is 1. The Labute approximate surface area is 126 Å². The van der Waals surface area contributed by atoms with Crippen LogP contribution < -0.4 is 0 Å². The largest absolute Gasteiger partial charge is 0.340 e. The van der Waals surface area contributed by atoms with Gasteiger partial charge in [-0.25, -0.2) is 4.39 Å². The van der Waals surface area contributed by atoms with Gasteiger partial charge in [-0.1, -0.05) is 32.0 Å². The standard InChI is InChI=1S/C17H25FN2O/c1-3-14(4-2)17(21)20-11-9-19(10-12-20)13-15-7-5-6-8-16(15)18/h5-8,14H,3-4,9-13H2,1-2H3. The van der Waals surface area contributed by atoms with Crippen molar-refractivity contribution < 1.29 is 9.18 Å². The minimum Gasteiger partial charge on any atom is -0.340 e. The first kappa shape index (κ1) is 16.0. The first-order chi connectivity index (χ1) is 10.2. The van der Waals surface area contributed by atoms with E-state index in [1.165, 1.54) is 6.07 Å². The highest BCUT2D eigenvalue weighted by Crippen LogP contribution is 2.16. The molecule has 21 heavy (non-hydrogen) atoms. The highest BCUT2D eigenvalue weighted by atomic mass is 19.1. The molecule has 0 N–H and O–H groups in total. The Morgan fingerprint density at radius 3 is 2.33 bits per heavy atom. The number of benzene rings is 1. The Bertz CT molecular complexity index is 466. The normalized spacial score (nSPS) is 16.5. The topological polar surface area (TPSA) is 23.6 Å². The molecule has 3 nitrogen and oxygen atoms in total. The van der Waals surface area contributed by atoms with E-state index in [-0.39, 0.29) is 17.6 Å². The molecule has 0 spiro atoms. The maximum atomic E-state index is 13.7. The van der Waals surface area contributed by atoms with E-state index in [1.54, 1.807) is 6.07 Å². The summed E-state index contributed by atoms with van der Waals surface area (Å²) in [6, 6.07) is 6.91. The van der Waals surface area contributed by atoms with Crippen LogP contribution in [0.4, 0.5) is 4.39 Å². The van der Waals surface area contributed by atoms with Crippen molar-refractivity contribution in [3.63, 3.8) is 0 Å². The van der Waals surface area contributed by atoms with E-state index in [9.17, 15) is 9.18 Å². The smallest absolute Gasteiger partial charge is 0.225 e. The summed E-state index contributed by atoms with van der Waals surface area (Å²) in [4.78, 5) is 16.5. The predicted octanol–water partition coefficient (Wildman–Crippen LogP) is 2.91. The third-order valence-electron chi connectivity index (χ3n) is 4.37. The van der Waals surface area contributed by atoms with Crippen LogP contribution in [0.15, 0.2) is 24.3 Å². The Morgan fingerprint density at radius 2 is 1.76 bits per heavy atom. The van der Waals surface area contributed by atoms with E-state index in [0.717, 1.165) is 44.6 Å². The van der Waals surface area contributed by atoms with Crippen molar-refractivity contribution in [2.24, 2.45) is 5.92 Å². The minimum atomic E-state index is -0.145. The van der Waals surface area contributed by atoms with Crippen molar-refractivity contribution in [2.45, 2.75) is 33.2 Å². The maximum Gasteiger partial charge on any atom is 0.225 e. The van der Waals surface area contributed by atoms with Gasteiger partial charge in [-0.2, -0.15) is 0 Å². The second-order valence-electron chi connectivity index (χ2n) is 5.71.